The first kappa shape index (κ1) is 15.9. The smallest absolute Gasteiger partial charge is 0.226 e. The lowest BCUT2D eigenvalue weighted by atomic mass is 9.93. The number of aromatic amines is 1. The Morgan fingerprint density at radius 1 is 1.08 bits per heavy atom. The highest BCUT2D eigenvalue weighted by Crippen LogP contribution is 2.30. The van der Waals surface area contributed by atoms with Gasteiger partial charge in [0.2, 0.25) is 5.91 Å². The highest BCUT2D eigenvalue weighted by Gasteiger charge is 2.24. The predicted octanol–water partition coefficient (Wildman–Crippen LogP) is 4.43. The molecule has 25 heavy (non-hydrogen) atoms. The molecule has 0 atom stereocenters. The number of fused-ring (bicyclic) bond motifs is 1. The van der Waals surface area contributed by atoms with E-state index in [1.807, 2.05) is 35.2 Å². The van der Waals surface area contributed by atoms with Crippen molar-refractivity contribution in [3.8, 4) is 0 Å². The summed E-state index contributed by atoms with van der Waals surface area (Å²) in [5.74, 6) is 0.769. The van der Waals surface area contributed by atoms with E-state index < -0.39 is 0 Å². The molecule has 0 saturated carbocycles. The van der Waals surface area contributed by atoms with Crippen LogP contribution in [0.4, 0.5) is 0 Å². The lowest BCUT2D eigenvalue weighted by Crippen LogP contribution is -2.38. The third-order valence-corrected chi connectivity index (χ3v) is 5.28. The fourth-order valence-corrected chi connectivity index (χ4v) is 3.82. The molecule has 3 nitrogen and oxygen atoms in total. The highest BCUT2D eigenvalue weighted by atomic mass is 16.2. The summed E-state index contributed by atoms with van der Waals surface area (Å²) in [7, 11) is 0. The quantitative estimate of drug-likeness (QED) is 0.757. The molecule has 0 bridgehead atoms. The lowest BCUT2D eigenvalue weighted by Gasteiger charge is -2.31. The van der Waals surface area contributed by atoms with Crippen LogP contribution < -0.4 is 0 Å². The normalized spacial score (nSPS) is 15.6. The highest BCUT2D eigenvalue weighted by molar-refractivity contribution is 5.81. The summed E-state index contributed by atoms with van der Waals surface area (Å²) in [6.07, 6.45) is 2.58. The van der Waals surface area contributed by atoms with Crippen molar-refractivity contribution in [3.05, 3.63) is 71.4 Å². The number of nitrogens with zero attached hydrogens (tertiary/aromatic N) is 1. The van der Waals surface area contributed by atoms with E-state index in [0.717, 1.165) is 31.5 Å². The Kier molecular flexibility index (Phi) is 4.31. The van der Waals surface area contributed by atoms with Crippen LogP contribution in [0, 0.1) is 6.92 Å². The van der Waals surface area contributed by atoms with Crippen molar-refractivity contribution in [1.29, 1.82) is 0 Å². The summed E-state index contributed by atoms with van der Waals surface area (Å²) < 4.78 is 0. The second-order valence-electron chi connectivity index (χ2n) is 7.13. The van der Waals surface area contributed by atoms with Crippen molar-refractivity contribution in [1.82, 2.24) is 9.88 Å². The van der Waals surface area contributed by atoms with Gasteiger partial charge in [-0.25, -0.2) is 0 Å². The Labute approximate surface area is 148 Å². The molecule has 0 spiro atoms. The van der Waals surface area contributed by atoms with Crippen molar-refractivity contribution >= 4 is 16.8 Å². The van der Waals surface area contributed by atoms with Gasteiger partial charge in [-0.2, -0.15) is 0 Å². The number of carbonyl (C=O) groups excluding carboxylic acids is 1. The summed E-state index contributed by atoms with van der Waals surface area (Å²) in [6.45, 7) is 3.83. The molecule has 128 valence electrons. The first-order chi connectivity index (χ1) is 12.2. The molecule has 3 aromatic rings. The molecule has 2 heterocycles. The van der Waals surface area contributed by atoms with E-state index in [-0.39, 0.29) is 5.91 Å². The zero-order chi connectivity index (χ0) is 17.2. The van der Waals surface area contributed by atoms with Crippen LogP contribution in [0.15, 0.2) is 54.6 Å². The number of carbonyl (C=O) groups is 1. The van der Waals surface area contributed by atoms with E-state index in [1.165, 1.54) is 22.2 Å². The monoisotopic (exact) mass is 332 g/mol. The second kappa shape index (κ2) is 6.75. The maximum Gasteiger partial charge on any atom is 0.226 e. The van der Waals surface area contributed by atoms with Gasteiger partial charge in [0.1, 0.15) is 0 Å². The number of rotatable bonds is 3. The molecule has 1 aliphatic rings. The zero-order valence-electron chi connectivity index (χ0n) is 14.7. The Morgan fingerprint density at radius 3 is 2.60 bits per heavy atom. The molecule has 1 aromatic heterocycles. The molecular formula is C22H24N2O. The molecule has 1 N–H and O–H groups in total. The van der Waals surface area contributed by atoms with Gasteiger partial charge < -0.3 is 9.88 Å². The Balaban J connectivity index is 1.39. The summed E-state index contributed by atoms with van der Waals surface area (Å²) in [6, 6.07) is 18.8. The lowest BCUT2D eigenvalue weighted by molar-refractivity contribution is -0.131. The molecular weight excluding hydrogens is 308 g/mol. The zero-order valence-corrected chi connectivity index (χ0v) is 14.7. The molecule has 2 aromatic carbocycles. The summed E-state index contributed by atoms with van der Waals surface area (Å²) in [5.41, 5.74) is 4.92. The maximum absolute atomic E-state index is 12.5. The van der Waals surface area contributed by atoms with E-state index in [0.29, 0.717) is 12.3 Å². The molecule has 1 fully saturated rings. The average Bonchev–Trinajstić information content (AvgIpc) is 3.06. The average molecular weight is 332 g/mol. The van der Waals surface area contributed by atoms with Crippen LogP contribution in [0.5, 0.6) is 0 Å². The van der Waals surface area contributed by atoms with Crippen molar-refractivity contribution in [2.45, 2.75) is 32.1 Å². The van der Waals surface area contributed by atoms with Gasteiger partial charge in [0.15, 0.2) is 0 Å². The van der Waals surface area contributed by atoms with Crippen molar-refractivity contribution in [3.63, 3.8) is 0 Å². The third kappa shape index (κ3) is 3.46. The van der Waals surface area contributed by atoms with E-state index in [4.69, 9.17) is 0 Å². The van der Waals surface area contributed by atoms with Crippen molar-refractivity contribution < 1.29 is 4.79 Å². The Morgan fingerprint density at radius 2 is 1.84 bits per heavy atom. The van der Waals surface area contributed by atoms with Crippen molar-refractivity contribution in [2.24, 2.45) is 0 Å². The van der Waals surface area contributed by atoms with Crippen LogP contribution in [-0.4, -0.2) is 28.9 Å². The molecule has 3 heteroatoms. The van der Waals surface area contributed by atoms with Crippen LogP contribution in [0.3, 0.4) is 0 Å². The van der Waals surface area contributed by atoms with Crippen molar-refractivity contribution in [2.75, 3.05) is 13.1 Å². The minimum atomic E-state index is 0.247. The molecule has 0 aliphatic carbocycles. The first-order valence-electron chi connectivity index (χ1n) is 9.10. The fourth-order valence-electron chi connectivity index (χ4n) is 3.82. The molecule has 1 aliphatic heterocycles. The Bertz CT molecular complexity index is 873. The third-order valence-electron chi connectivity index (χ3n) is 5.28. The van der Waals surface area contributed by atoms with Gasteiger partial charge in [-0.1, -0.05) is 42.0 Å². The predicted molar refractivity (Wildman–Crippen MR) is 102 cm³/mol. The molecule has 4 rings (SSSR count). The van der Waals surface area contributed by atoms with Gasteiger partial charge in [-0.15, -0.1) is 0 Å². The summed E-state index contributed by atoms with van der Waals surface area (Å²) in [5, 5.41) is 1.29. The van der Waals surface area contributed by atoms with Crippen LogP contribution >= 0.6 is 0 Å². The van der Waals surface area contributed by atoms with E-state index in [9.17, 15) is 4.79 Å². The number of hydrogen-bond donors (Lipinski definition) is 1. The number of aryl methyl sites for hydroxylation is 1. The minimum Gasteiger partial charge on any atom is -0.358 e. The topological polar surface area (TPSA) is 36.1 Å². The fraction of sp³-hybridized carbons (Fsp3) is 0.318. The van der Waals surface area contributed by atoms with Gasteiger partial charge >= 0.3 is 0 Å². The SMILES string of the molecule is Cc1ccc2[nH]c(C3CCN(C(=O)Cc4ccccc4)CC3)cc2c1. The van der Waals surface area contributed by atoms with E-state index in [1.54, 1.807) is 0 Å². The standard InChI is InChI=1S/C22H24N2O/c1-16-7-8-20-19(13-16)15-21(23-20)18-9-11-24(12-10-18)22(25)14-17-5-3-2-4-6-17/h2-8,13,15,18,23H,9-12,14H2,1H3. The van der Waals surface area contributed by atoms with Gasteiger partial charge in [0.25, 0.3) is 0 Å². The first-order valence-corrected chi connectivity index (χ1v) is 9.10. The van der Waals surface area contributed by atoms with Crippen LogP contribution in [-0.2, 0) is 11.2 Å². The number of likely N-dealkylation sites (tertiary alicyclic amines) is 1. The molecule has 0 radical (unpaired) electrons. The number of piperidine rings is 1. The van der Waals surface area contributed by atoms with Gasteiger partial charge in [0, 0.05) is 30.2 Å². The summed E-state index contributed by atoms with van der Waals surface area (Å²) in [4.78, 5) is 18.1. The van der Waals surface area contributed by atoms with Crippen LogP contribution in [0.2, 0.25) is 0 Å². The largest absolute Gasteiger partial charge is 0.358 e. The number of benzene rings is 2. The molecule has 0 unspecified atom stereocenters. The number of amides is 1. The van der Waals surface area contributed by atoms with Crippen LogP contribution in [0.1, 0.15) is 35.6 Å². The van der Waals surface area contributed by atoms with Crippen LogP contribution in [0.25, 0.3) is 10.9 Å². The number of nitrogens with one attached hydrogen (secondary N) is 1. The molecule has 1 saturated heterocycles. The molecule has 1 amide bonds. The van der Waals surface area contributed by atoms with Gasteiger partial charge in [-0.05, 0) is 48.9 Å². The number of aromatic nitrogens is 1. The maximum atomic E-state index is 12.5. The van der Waals surface area contributed by atoms with Gasteiger partial charge in [-0.3, -0.25) is 4.79 Å². The minimum absolute atomic E-state index is 0.247. The Hall–Kier alpha value is -2.55. The van der Waals surface area contributed by atoms with E-state index >= 15 is 0 Å². The number of H-pyrrole nitrogens is 1. The summed E-state index contributed by atoms with van der Waals surface area (Å²) >= 11 is 0. The van der Waals surface area contributed by atoms with Gasteiger partial charge in [0.05, 0.1) is 6.42 Å². The van der Waals surface area contributed by atoms with E-state index in [2.05, 4.69) is 36.2 Å². The second-order valence-corrected chi connectivity index (χ2v) is 7.13. The number of hydrogen-bond acceptors (Lipinski definition) is 1.